The molecule has 0 amide bonds. The molecular weight excluding hydrogens is 264 g/mol. The Hall–Kier alpha value is -2.01. The monoisotopic (exact) mass is 284 g/mol. The molecule has 0 bridgehead atoms. The number of H-pyrrole nitrogens is 1. The summed E-state index contributed by atoms with van der Waals surface area (Å²) < 4.78 is 0. The largest absolute Gasteiger partial charge is 0.309 e. The van der Waals surface area contributed by atoms with Crippen LogP contribution in [0.25, 0.3) is 0 Å². The molecule has 5 nitrogen and oxygen atoms in total. The van der Waals surface area contributed by atoms with Crippen LogP contribution in [0, 0.1) is 6.92 Å². The smallest absolute Gasteiger partial charge is 0.251 e. The molecule has 1 N–H and O–H groups in total. The molecule has 0 unspecified atom stereocenters. The van der Waals surface area contributed by atoms with Crippen molar-refractivity contribution in [3.8, 4) is 0 Å². The van der Waals surface area contributed by atoms with Gasteiger partial charge in [-0.15, -0.1) is 0 Å². The van der Waals surface area contributed by atoms with Crippen LogP contribution in [0.4, 0.5) is 0 Å². The quantitative estimate of drug-likeness (QED) is 0.936. The van der Waals surface area contributed by atoms with Crippen LogP contribution >= 0.6 is 0 Å². The fraction of sp³-hybridized carbons (Fsp3) is 0.438. The minimum atomic E-state index is -0.214. The Morgan fingerprint density at radius 3 is 2.86 bits per heavy atom. The number of hydrogen-bond acceptors (Lipinski definition) is 4. The lowest BCUT2D eigenvalue weighted by Crippen LogP contribution is -2.40. The zero-order chi connectivity index (χ0) is 14.9. The first kappa shape index (κ1) is 13.9. The summed E-state index contributed by atoms with van der Waals surface area (Å²) in [6.07, 6.45) is 5.74. The molecule has 1 atom stereocenters. The Morgan fingerprint density at radius 2 is 2.14 bits per heavy atom. The van der Waals surface area contributed by atoms with E-state index in [0.717, 1.165) is 37.4 Å². The fourth-order valence-corrected chi connectivity index (χ4v) is 3.08. The van der Waals surface area contributed by atoms with Gasteiger partial charge in [0.2, 0.25) is 0 Å². The number of aromatic amines is 1. The fourth-order valence-electron chi connectivity index (χ4n) is 3.08. The number of hydrogen-bond donors (Lipinski definition) is 1. The van der Waals surface area contributed by atoms with Gasteiger partial charge < -0.3 is 4.98 Å². The normalized spacial score (nSPS) is 22.6. The Labute approximate surface area is 124 Å². The Kier molecular flexibility index (Phi) is 3.59. The standard InChI is InChI=1S/C16H20N4O/c1-12-10-14(21)19-15(18-12)16(2)6-3-9-20(16)11-13-4-7-17-8-5-13/h4-5,7-8,10H,3,6,9,11H2,1-2H3,(H,18,19,21)/t16-/m0/s1. The third-order valence-corrected chi connectivity index (χ3v) is 4.29. The van der Waals surface area contributed by atoms with E-state index in [1.165, 1.54) is 11.6 Å². The summed E-state index contributed by atoms with van der Waals surface area (Å²) in [7, 11) is 0. The summed E-state index contributed by atoms with van der Waals surface area (Å²) in [5.41, 5.74) is 1.71. The molecule has 21 heavy (non-hydrogen) atoms. The molecular formula is C16H20N4O. The van der Waals surface area contributed by atoms with Gasteiger partial charge >= 0.3 is 0 Å². The van der Waals surface area contributed by atoms with E-state index in [1.54, 1.807) is 0 Å². The predicted octanol–water partition coefficient (Wildman–Crippen LogP) is 1.98. The van der Waals surface area contributed by atoms with E-state index in [9.17, 15) is 4.79 Å². The molecule has 0 saturated carbocycles. The first-order valence-electron chi connectivity index (χ1n) is 7.30. The van der Waals surface area contributed by atoms with Crippen molar-refractivity contribution in [2.45, 2.75) is 38.8 Å². The maximum Gasteiger partial charge on any atom is 0.251 e. The van der Waals surface area contributed by atoms with E-state index >= 15 is 0 Å². The Bertz CT molecular complexity index is 682. The molecule has 0 spiro atoms. The van der Waals surface area contributed by atoms with Crippen LogP contribution in [-0.4, -0.2) is 26.4 Å². The minimum absolute atomic E-state index is 0.0745. The SMILES string of the molecule is Cc1cc(=O)[nH]c([C@]2(C)CCCN2Cc2ccncc2)n1. The van der Waals surface area contributed by atoms with E-state index in [1.807, 2.05) is 31.5 Å². The van der Waals surface area contributed by atoms with Crippen molar-refractivity contribution in [1.29, 1.82) is 0 Å². The van der Waals surface area contributed by atoms with Gasteiger partial charge in [0.05, 0.1) is 5.54 Å². The van der Waals surface area contributed by atoms with Gasteiger partial charge in [-0.05, 0) is 50.9 Å². The van der Waals surface area contributed by atoms with Crippen molar-refractivity contribution in [3.05, 3.63) is 58.0 Å². The van der Waals surface area contributed by atoms with E-state index in [-0.39, 0.29) is 11.1 Å². The number of aryl methyl sites for hydroxylation is 1. The highest BCUT2D eigenvalue weighted by atomic mass is 16.1. The maximum absolute atomic E-state index is 11.8. The topological polar surface area (TPSA) is 61.9 Å². The summed E-state index contributed by atoms with van der Waals surface area (Å²) in [5, 5.41) is 0. The van der Waals surface area contributed by atoms with Crippen LogP contribution in [0.3, 0.4) is 0 Å². The predicted molar refractivity (Wildman–Crippen MR) is 80.8 cm³/mol. The Balaban J connectivity index is 1.93. The molecule has 2 aromatic rings. The van der Waals surface area contributed by atoms with Gasteiger partial charge in [0.25, 0.3) is 5.56 Å². The average molecular weight is 284 g/mol. The molecule has 3 heterocycles. The van der Waals surface area contributed by atoms with Crippen LogP contribution < -0.4 is 5.56 Å². The number of aromatic nitrogens is 3. The molecule has 1 fully saturated rings. The van der Waals surface area contributed by atoms with Crippen molar-refractivity contribution in [2.24, 2.45) is 0 Å². The van der Waals surface area contributed by atoms with Crippen LogP contribution in [0.5, 0.6) is 0 Å². The van der Waals surface area contributed by atoms with Crippen LogP contribution in [0.15, 0.2) is 35.4 Å². The third-order valence-electron chi connectivity index (χ3n) is 4.29. The van der Waals surface area contributed by atoms with Crippen molar-refractivity contribution in [2.75, 3.05) is 6.54 Å². The van der Waals surface area contributed by atoms with Gasteiger partial charge in [0.15, 0.2) is 0 Å². The molecule has 0 radical (unpaired) electrons. The third kappa shape index (κ3) is 2.74. The molecule has 0 aromatic carbocycles. The zero-order valence-electron chi connectivity index (χ0n) is 12.5. The van der Waals surface area contributed by atoms with E-state index < -0.39 is 0 Å². The zero-order valence-corrected chi connectivity index (χ0v) is 12.5. The van der Waals surface area contributed by atoms with E-state index in [4.69, 9.17) is 0 Å². The number of nitrogens with zero attached hydrogens (tertiary/aromatic N) is 3. The summed E-state index contributed by atoms with van der Waals surface area (Å²) >= 11 is 0. The lowest BCUT2D eigenvalue weighted by atomic mass is 9.97. The van der Waals surface area contributed by atoms with Gasteiger partial charge in [0, 0.05) is 30.7 Å². The number of pyridine rings is 1. The van der Waals surface area contributed by atoms with Crippen molar-refractivity contribution in [1.82, 2.24) is 19.9 Å². The molecule has 0 aliphatic carbocycles. The number of rotatable bonds is 3. The molecule has 2 aromatic heterocycles. The maximum atomic E-state index is 11.8. The number of nitrogens with one attached hydrogen (secondary N) is 1. The number of likely N-dealkylation sites (tertiary alicyclic amines) is 1. The highest BCUT2D eigenvalue weighted by Gasteiger charge is 2.40. The summed E-state index contributed by atoms with van der Waals surface area (Å²) in [5.74, 6) is 0.777. The minimum Gasteiger partial charge on any atom is -0.309 e. The van der Waals surface area contributed by atoms with E-state index in [2.05, 4.69) is 26.8 Å². The van der Waals surface area contributed by atoms with Crippen molar-refractivity contribution >= 4 is 0 Å². The second-order valence-electron chi connectivity index (χ2n) is 5.89. The van der Waals surface area contributed by atoms with Gasteiger partial charge in [-0.1, -0.05) is 0 Å². The van der Waals surface area contributed by atoms with Gasteiger partial charge in [-0.25, -0.2) is 4.98 Å². The van der Waals surface area contributed by atoms with Crippen LogP contribution in [0.2, 0.25) is 0 Å². The summed E-state index contributed by atoms with van der Waals surface area (Å²) in [6.45, 7) is 5.89. The molecule has 3 rings (SSSR count). The highest BCUT2D eigenvalue weighted by molar-refractivity contribution is 5.15. The first-order valence-corrected chi connectivity index (χ1v) is 7.30. The second-order valence-corrected chi connectivity index (χ2v) is 5.89. The molecule has 1 saturated heterocycles. The average Bonchev–Trinajstić information content (AvgIpc) is 2.82. The van der Waals surface area contributed by atoms with Gasteiger partial charge in [-0.3, -0.25) is 14.7 Å². The Morgan fingerprint density at radius 1 is 1.38 bits per heavy atom. The molecule has 1 aliphatic heterocycles. The van der Waals surface area contributed by atoms with Crippen molar-refractivity contribution < 1.29 is 0 Å². The summed E-state index contributed by atoms with van der Waals surface area (Å²) in [6, 6.07) is 5.60. The van der Waals surface area contributed by atoms with Crippen LogP contribution in [0.1, 0.15) is 36.8 Å². The molecule has 5 heteroatoms. The second kappa shape index (κ2) is 5.41. The molecule has 110 valence electrons. The first-order chi connectivity index (χ1) is 10.1. The lowest BCUT2D eigenvalue weighted by molar-refractivity contribution is 0.137. The van der Waals surface area contributed by atoms with Crippen LogP contribution in [-0.2, 0) is 12.1 Å². The van der Waals surface area contributed by atoms with Gasteiger partial charge in [-0.2, -0.15) is 0 Å². The highest BCUT2D eigenvalue weighted by Crippen LogP contribution is 2.37. The van der Waals surface area contributed by atoms with Gasteiger partial charge in [0.1, 0.15) is 5.82 Å². The van der Waals surface area contributed by atoms with E-state index in [0.29, 0.717) is 0 Å². The molecule has 1 aliphatic rings. The lowest BCUT2D eigenvalue weighted by Gasteiger charge is -2.34. The van der Waals surface area contributed by atoms with Crippen molar-refractivity contribution in [3.63, 3.8) is 0 Å². The summed E-state index contributed by atoms with van der Waals surface area (Å²) in [4.78, 5) is 25.7.